The number of aromatic nitrogens is 1. The summed E-state index contributed by atoms with van der Waals surface area (Å²) in [4.78, 5) is 4.19. The first-order chi connectivity index (χ1) is 8.90. The number of hydrogen-bond acceptors (Lipinski definition) is 3. The van der Waals surface area contributed by atoms with Gasteiger partial charge in [-0.3, -0.25) is 4.98 Å². The molecule has 0 amide bonds. The topological polar surface area (TPSA) is 34.2 Å². The lowest BCUT2D eigenvalue weighted by molar-refractivity contribution is -0.00739. The first-order valence-electron chi connectivity index (χ1n) is 7.14. The van der Waals surface area contributed by atoms with Crippen molar-refractivity contribution in [2.75, 3.05) is 13.2 Å². The zero-order valence-corrected chi connectivity index (χ0v) is 11.3. The van der Waals surface area contributed by atoms with E-state index in [1.165, 1.54) is 24.8 Å². The van der Waals surface area contributed by atoms with Gasteiger partial charge in [0.2, 0.25) is 0 Å². The molecule has 1 saturated heterocycles. The summed E-state index contributed by atoms with van der Waals surface area (Å²) in [6.07, 6.45) is 10.0. The lowest BCUT2D eigenvalue weighted by Gasteiger charge is -2.31. The highest BCUT2D eigenvalue weighted by atomic mass is 16.5. The zero-order chi connectivity index (χ0) is 12.6. The second-order valence-electron chi connectivity index (χ2n) is 5.03. The van der Waals surface area contributed by atoms with Crippen LogP contribution >= 0.6 is 0 Å². The van der Waals surface area contributed by atoms with Crippen LogP contribution < -0.4 is 5.32 Å². The van der Waals surface area contributed by atoms with Gasteiger partial charge in [-0.2, -0.15) is 0 Å². The molecule has 1 aliphatic heterocycles. The Morgan fingerprint density at radius 1 is 1.50 bits per heavy atom. The van der Waals surface area contributed by atoms with E-state index in [0.29, 0.717) is 12.1 Å². The molecule has 1 aromatic heterocycles. The number of pyridine rings is 1. The smallest absolute Gasteiger partial charge is 0.0731 e. The Hall–Kier alpha value is -0.930. The number of nitrogens with zero attached hydrogens (tertiary/aromatic N) is 1. The summed E-state index contributed by atoms with van der Waals surface area (Å²) >= 11 is 0. The minimum atomic E-state index is 0.366. The van der Waals surface area contributed by atoms with E-state index >= 15 is 0 Å². The first-order valence-corrected chi connectivity index (χ1v) is 7.14. The van der Waals surface area contributed by atoms with E-state index in [0.717, 1.165) is 26.0 Å². The molecular weight excluding hydrogens is 224 g/mol. The molecule has 1 aliphatic rings. The van der Waals surface area contributed by atoms with Crippen LogP contribution in [0.1, 0.15) is 38.2 Å². The van der Waals surface area contributed by atoms with Gasteiger partial charge in [-0.25, -0.2) is 0 Å². The minimum Gasteiger partial charge on any atom is -0.377 e. The fraction of sp³-hybridized carbons (Fsp3) is 0.667. The fourth-order valence-corrected chi connectivity index (χ4v) is 2.52. The highest BCUT2D eigenvalue weighted by Crippen LogP contribution is 2.18. The summed E-state index contributed by atoms with van der Waals surface area (Å²) in [7, 11) is 0. The molecule has 100 valence electrons. The number of rotatable bonds is 6. The highest BCUT2D eigenvalue weighted by molar-refractivity contribution is 5.11. The summed E-state index contributed by atoms with van der Waals surface area (Å²) < 4.78 is 5.93. The molecular formula is C15H24N2O. The Bertz CT molecular complexity index is 323. The average molecular weight is 248 g/mol. The van der Waals surface area contributed by atoms with Crippen LogP contribution in [0.5, 0.6) is 0 Å². The molecule has 1 aromatic rings. The maximum absolute atomic E-state index is 5.93. The van der Waals surface area contributed by atoms with E-state index < -0.39 is 0 Å². The van der Waals surface area contributed by atoms with Gasteiger partial charge in [-0.15, -0.1) is 0 Å². The molecule has 1 fully saturated rings. The molecule has 0 saturated carbocycles. The third kappa shape index (κ3) is 4.07. The Morgan fingerprint density at radius 2 is 2.44 bits per heavy atom. The van der Waals surface area contributed by atoms with Gasteiger partial charge in [0, 0.05) is 25.0 Å². The van der Waals surface area contributed by atoms with E-state index in [1.807, 2.05) is 18.5 Å². The predicted octanol–water partition coefficient (Wildman–Crippen LogP) is 2.56. The summed E-state index contributed by atoms with van der Waals surface area (Å²) in [6.45, 7) is 4.18. The van der Waals surface area contributed by atoms with Gasteiger partial charge in [0.15, 0.2) is 0 Å². The van der Waals surface area contributed by atoms with Gasteiger partial charge in [0.1, 0.15) is 0 Å². The van der Waals surface area contributed by atoms with Crippen molar-refractivity contribution in [3.05, 3.63) is 30.1 Å². The maximum Gasteiger partial charge on any atom is 0.0731 e. The molecule has 0 aromatic carbocycles. The lowest BCUT2D eigenvalue weighted by atomic mass is 9.96. The third-order valence-corrected chi connectivity index (χ3v) is 3.50. The van der Waals surface area contributed by atoms with E-state index in [1.54, 1.807) is 0 Å². The van der Waals surface area contributed by atoms with E-state index in [-0.39, 0.29) is 0 Å². The van der Waals surface area contributed by atoms with E-state index in [9.17, 15) is 0 Å². The van der Waals surface area contributed by atoms with Crippen LogP contribution in [0.25, 0.3) is 0 Å². The van der Waals surface area contributed by atoms with Crippen LogP contribution in [-0.4, -0.2) is 30.3 Å². The summed E-state index contributed by atoms with van der Waals surface area (Å²) in [6, 6.07) is 4.58. The van der Waals surface area contributed by atoms with Crippen molar-refractivity contribution in [1.29, 1.82) is 0 Å². The van der Waals surface area contributed by atoms with E-state index in [2.05, 4.69) is 23.3 Å². The Balaban J connectivity index is 1.95. The largest absolute Gasteiger partial charge is 0.377 e. The summed E-state index contributed by atoms with van der Waals surface area (Å²) in [5.41, 5.74) is 1.29. The first kappa shape index (κ1) is 13.5. The van der Waals surface area contributed by atoms with Crippen LogP contribution in [-0.2, 0) is 11.2 Å². The normalized spacial score (nSPS) is 21.7. The molecule has 3 nitrogen and oxygen atoms in total. The predicted molar refractivity (Wildman–Crippen MR) is 73.6 cm³/mol. The quantitative estimate of drug-likeness (QED) is 0.840. The van der Waals surface area contributed by atoms with Crippen molar-refractivity contribution < 1.29 is 4.74 Å². The summed E-state index contributed by atoms with van der Waals surface area (Å²) in [5, 5.41) is 3.63. The number of hydrogen-bond donors (Lipinski definition) is 1. The SMILES string of the molecule is CCCNC(Cc1cccnc1)C1CCCCO1. The zero-order valence-electron chi connectivity index (χ0n) is 11.3. The molecule has 0 aliphatic carbocycles. The standard InChI is InChI=1S/C15H24N2O/c1-2-8-17-14(15-7-3-4-10-18-15)11-13-6-5-9-16-12-13/h5-6,9,12,14-15,17H,2-4,7-8,10-11H2,1H3. The van der Waals surface area contributed by atoms with Crippen LogP contribution in [0, 0.1) is 0 Å². The maximum atomic E-state index is 5.93. The van der Waals surface area contributed by atoms with E-state index in [4.69, 9.17) is 4.74 Å². The molecule has 0 radical (unpaired) electrons. The molecule has 0 bridgehead atoms. The van der Waals surface area contributed by atoms with Gasteiger partial charge in [0.05, 0.1) is 6.10 Å². The highest BCUT2D eigenvalue weighted by Gasteiger charge is 2.24. The molecule has 3 heteroatoms. The average Bonchev–Trinajstić information content (AvgIpc) is 2.45. The van der Waals surface area contributed by atoms with Gasteiger partial charge in [0.25, 0.3) is 0 Å². The van der Waals surface area contributed by atoms with Crippen molar-refractivity contribution in [3.63, 3.8) is 0 Å². The van der Waals surface area contributed by atoms with Crippen molar-refractivity contribution in [1.82, 2.24) is 10.3 Å². The van der Waals surface area contributed by atoms with Gasteiger partial charge < -0.3 is 10.1 Å². The Kier molecular flexibility index (Phi) is 5.62. The second kappa shape index (κ2) is 7.49. The van der Waals surface area contributed by atoms with Gasteiger partial charge >= 0.3 is 0 Å². The molecule has 0 spiro atoms. The third-order valence-electron chi connectivity index (χ3n) is 3.50. The van der Waals surface area contributed by atoms with Crippen molar-refractivity contribution in [2.24, 2.45) is 0 Å². The fourth-order valence-electron chi connectivity index (χ4n) is 2.52. The van der Waals surface area contributed by atoms with Crippen LogP contribution in [0.4, 0.5) is 0 Å². The molecule has 1 N–H and O–H groups in total. The van der Waals surface area contributed by atoms with Crippen LogP contribution in [0.3, 0.4) is 0 Å². The molecule has 2 unspecified atom stereocenters. The molecule has 18 heavy (non-hydrogen) atoms. The Morgan fingerprint density at radius 3 is 3.11 bits per heavy atom. The molecule has 2 atom stereocenters. The molecule has 2 rings (SSSR count). The monoisotopic (exact) mass is 248 g/mol. The molecule has 2 heterocycles. The minimum absolute atomic E-state index is 0.366. The second-order valence-corrected chi connectivity index (χ2v) is 5.03. The van der Waals surface area contributed by atoms with Gasteiger partial charge in [-0.1, -0.05) is 13.0 Å². The van der Waals surface area contributed by atoms with Crippen molar-refractivity contribution >= 4 is 0 Å². The van der Waals surface area contributed by atoms with Crippen molar-refractivity contribution in [2.45, 2.75) is 51.2 Å². The number of ether oxygens (including phenoxy) is 1. The lowest BCUT2D eigenvalue weighted by Crippen LogP contribution is -2.44. The Labute approximate surface area is 110 Å². The van der Waals surface area contributed by atoms with Crippen LogP contribution in [0.2, 0.25) is 0 Å². The van der Waals surface area contributed by atoms with Crippen molar-refractivity contribution in [3.8, 4) is 0 Å². The van der Waals surface area contributed by atoms with Crippen LogP contribution in [0.15, 0.2) is 24.5 Å². The van der Waals surface area contributed by atoms with Gasteiger partial charge in [-0.05, 0) is 50.3 Å². The number of nitrogens with one attached hydrogen (secondary N) is 1. The summed E-state index contributed by atoms with van der Waals surface area (Å²) in [5.74, 6) is 0.